The summed E-state index contributed by atoms with van der Waals surface area (Å²) in [6, 6.07) is 11.0. The normalized spacial score (nSPS) is 10.2. The number of hydrogen-bond acceptors (Lipinski definition) is 4. The molecule has 0 aliphatic heterocycles. The van der Waals surface area contributed by atoms with Crippen molar-refractivity contribution in [3.05, 3.63) is 62.6 Å². The van der Waals surface area contributed by atoms with Crippen molar-refractivity contribution in [3.8, 4) is 0 Å². The minimum absolute atomic E-state index is 0.0415. The molecular weight excluding hydrogens is 353 g/mol. The van der Waals surface area contributed by atoms with E-state index in [-0.39, 0.29) is 11.6 Å². The van der Waals surface area contributed by atoms with Crippen molar-refractivity contribution in [2.45, 2.75) is 12.8 Å². The minimum atomic E-state index is -0.448. The SMILES string of the molecule is O=C(CCCNc1ccc([N+](=O)[O-])cc1)Nc1ccc(Cl)cc1Cl. The maximum absolute atomic E-state index is 11.9. The highest BCUT2D eigenvalue weighted by Gasteiger charge is 2.07. The van der Waals surface area contributed by atoms with Crippen molar-refractivity contribution >= 4 is 46.2 Å². The van der Waals surface area contributed by atoms with Crippen LogP contribution in [0.5, 0.6) is 0 Å². The first kappa shape index (κ1) is 18.0. The number of anilines is 2. The van der Waals surface area contributed by atoms with Crippen molar-refractivity contribution in [2.24, 2.45) is 0 Å². The fourth-order valence-electron chi connectivity index (χ4n) is 1.99. The van der Waals surface area contributed by atoms with Crippen molar-refractivity contribution in [3.63, 3.8) is 0 Å². The second-order valence-electron chi connectivity index (χ2n) is 5.01. The lowest BCUT2D eigenvalue weighted by molar-refractivity contribution is -0.384. The van der Waals surface area contributed by atoms with Gasteiger partial charge in [0.25, 0.3) is 5.69 Å². The fraction of sp³-hybridized carbons (Fsp3) is 0.188. The molecule has 0 bridgehead atoms. The molecule has 0 heterocycles. The van der Waals surface area contributed by atoms with Gasteiger partial charge in [0, 0.05) is 35.8 Å². The number of carbonyl (C=O) groups excluding carboxylic acids is 1. The molecule has 2 aromatic carbocycles. The summed E-state index contributed by atoms with van der Waals surface area (Å²) < 4.78 is 0. The van der Waals surface area contributed by atoms with Gasteiger partial charge in [-0.15, -0.1) is 0 Å². The summed E-state index contributed by atoms with van der Waals surface area (Å²) in [4.78, 5) is 22.0. The molecule has 2 rings (SSSR count). The zero-order chi connectivity index (χ0) is 17.5. The number of non-ortho nitro benzene ring substituents is 1. The van der Waals surface area contributed by atoms with E-state index in [0.717, 1.165) is 5.69 Å². The molecule has 1 amide bonds. The third kappa shape index (κ3) is 5.40. The van der Waals surface area contributed by atoms with E-state index in [1.165, 1.54) is 12.1 Å². The van der Waals surface area contributed by atoms with E-state index >= 15 is 0 Å². The van der Waals surface area contributed by atoms with Gasteiger partial charge in [-0.2, -0.15) is 0 Å². The number of hydrogen-bond donors (Lipinski definition) is 2. The molecule has 0 saturated heterocycles. The second-order valence-corrected chi connectivity index (χ2v) is 5.85. The zero-order valence-corrected chi connectivity index (χ0v) is 14.1. The van der Waals surface area contributed by atoms with Gasteiger partial charge in [0.1, 0.15) is 0 Å². The number of halogens is 2. The van der Waals surface area contributed by atoms with E-state index in [1.54, 1.807) is 30.3 Å². The number of carbonyl (C=O) groups is 1. The molecule has 2 aromatic rings. The Balaban J connectivity index is 1.73. The highest BCUT2D eigenvalue weighted by atomic mass is 35.5. The van der Waals surface area contributed by atoms with Crippen LogP contribution in [-0.2, 0) is 4.79 Å². The molecule has 6 nitrogen and oxygen atoms in total. The number of nitro groups is 1. The Kier molecular flexibility index (Phi) is 6.40. The maximum atomic E-state index is 11.9. The van der Waals surface area contributed by atoms with Gasteiger partial charge in [0.2, 0.25) is 5.91 Å². The van der Waals surface area contributed by atoms with Crippen LogP contribution in [0.15, 0.2) is 42.5 Å². The summed E-state index contributed by atoms with van der Waals surface area (Å²) in [5.41, 5.74) is 1.33. The number of rotatable bonds is 7. The molecule has 0 spiro atoms. The summed E-state index contributed by atoms with van der Waals surface area (Å²) in [5.74, 6) is -0.148. The number of nitrogens with one attached hydrogen (secondary N) is 2. The quantitative estimate of drug-likeness (QED) is 0.420. The lowest BCUT2D eigenvalue weighted by Gasteiger charge is -2.08. The number of benzene rings is 2. The van der Waals surface area contributed by atoms with Gasteiger partial charge in [0.05, 0.1) is 15.6 Å². The average Bonchev–Trinajstić information content (AvgIpc) is 2.55. The van der Waals surface area contributed by atoms with Crippen molar-refractivity contribution in [2.75, 3.05) is 17.2 Å². The second kappa shape index (κ2) is 8.52. The molecule has 0 aliphatic rings. The van der Waals surface area contributed by atoms with Gasteiger partial charge in [-0.25, -0.2) is 0 Å². The van der Waals surface area contributed by atoms with Crippen LogP contribution in [0.3, 0.4) is 0 Å². The van der Waals surface area contributed by atoms with Crippen molar-refractivity contribution < 1.29 is 9.72 Å². The van der Waals surface area contributed by atoms with Gasteiger partial charge >= 0.3 is 0 Å². The third-order valence-corrected chi connectivity index (χ3v) is 3.74. The number of nitro benzene ring substituents is 1. The molecule has 0 aromatic heterocycles. The van der Waals surface area contributed by atoms with Gasteiger partial charge in [-0.3, -0.25) is 14.9 Å². The molecule has 8 heteroatoms. The molecule has 0 saturated carbocycles. The van der Waals surface area contributed by atoms with Gasteiger partial charge < -0.3 is 10.6 Å². The highest BCUT2D eigenvalue weighted by molar-refractivity contribution is 6.36. The van der Waals surface area contributed by atoms with Gasteiger partial charge in [-0.1, -0.05) is 23.2 Å². The van der Waals surface area contributed by atoms with Crippen molar-refractivity contribution in [1.29, 1.82) is 0 Å². The Hall–Kier alpha value is -2.31. The van der Waals surface area contributed by atoms with Crippen LogP contribution < -0.4 is 10.6 Å². The van der Waals surface area contributed by atoms with E-state index in [0.29, 0.717) is 35.1 Å². The smallest absolute Gasteiger partial charge is 0.269 e. The first-order valence-electron chi connectivity index (χ1n) is 7.19. The average molecular weight is 368 g/mol. The first-order valence-corrected chi connectivity index (χ1v) is 7.94. The lowest BCUT2D eigenvalue weighted by Crippen LogP contribution is -2.13. The predicted molar refractivity (Wildman–Crippen MR) is 95.9 cm³/mol. The van der Waals surface area contributed by atoms with E-state index in [1.807, 2.05) is 0 Å². The first-order chi connectivity index (χ1) is 11.5. The Labute approximate surface area is 148 Å². The fourth-order valence-corrected chi connectivity index (χ4v) is 2.44. The van der Waals surface area contributed by atoms with E-state index < -0.39 is 4.92 Å². The summed E-state index contributed by atoms with van der Waals surface area (Å²) in [6.07, 6.45) is 0.924. The van der Waals surface area contributed by atoms with Crippen molar-refractivity contribution in [1.82, 2.24) is 0 Å². The minimum Gasteiger partial charge on any atom is -0.385 e. The largest absolute Gasteiger partial charge is 0.385 e. The molecule has 0 unspecified atom stereocenters. The predicted octanol–water partition coefficient (Wildman–Crippen LogP) is 4.73. The van der Waals surface area contributed by atoms with E-state index in [4.69, 9.17) is 23.2 Å². The summed E-state index contributed by atoms with van der Waals surface area (Å²) in [5, 5.41) is 17.3. The standard InChI is InChI=1S/C16H15Cl2N3O3/c17-11-3-8-15(14(18)10-11)20-16(22)2-1-9-19-12-4-6-13(7-5-12)21(23)24/h3-8,10,19H,1-2,9H2,(H,20,22). The highest BCUT2D eigenvalue weighted by Crippen LogP contribution is 2.25. The summed E-state index contributed by atoms with van der Waals surface area (Å²) in [6.45, 7) is 0.569. The zero-order valence-electron chi connectivity index (χ0n) is 12.6. The molecule has 0 radical (unpaired) electrons. The maximum Gasteiger partial charge on any atom is 0.269 e. The molecule has 0 atom stereocenters. The Bertz CT molecular complexity index is 736. The molecule has 0 fully saturated rings. The topological polar surface area (TPSA) is 84.3 Å². The van der Waals surface area contributed by atoms with Gasteiger partial charge in [-0.05, 0) is 36.8 Å². The van der Waals surface area contributed by atoms with Crippen LogP contribution in [0.4, 0.5) is 17.1 Å². The molecular formula is C16H15Cl2N3O3. The Morgan fingerprint density at radius 3 is 2.46 bits per heavy atom. The van der Waals surface area contributed by atoms with E-state index in [9.17, 15) is 14.9 Å². The van der Waals surface area contributed by atoms with Crippen LogP contribution in [0.1, 0.15) is 12.8 Å². The number of amides is 1. The summed E-state index contributed by atoms with van der Waals surface area (Å²) >= 11 is 11.8. The van der Waals surface area contributed by atoms with Crippen LogP contribution in [0.2, 0.25) is 10.0 Å². The Morgan fingerprint density at radius 1 is 1.12 bits per heavy atom. The molecule has 126 valence electrons. The van der Waals surface area contributed by atoms with Crippen LogP contribution >= 0.6 is 23.2 Å². The van der Waals surface area contributed by atoms with Gasteiger partial charge in [0.15, 0.2) is 0 Å². The van der Waals surface area contributed by atoms with Crippen LogP contribution in [0.25, 0.3) is 0 Å². The van der Waals surface area contributed by atoms with E-state index in [2.05, 4.69) is 10.6 Å². The monoisotopic (exact) mass is 367 g/mol. The third-order valence-electron chi connectivity index (χ3n) is 3.19. The molecule has 24 heavy (non-hydrogen) atoms. The number of nitrogens with zero attached hydrogens (tertiary/aromatic N) is 1. The molecule has 0 aliphatic carbocycles. The van der Waals surface area contributed by atoms with Crippen LogP contribution in [-0.4, -0.2) is 17.4 Å². The lowest BCUT2D eigenvalue weighted by atomic mass is 10.2. The summed E-state index contributed by atoms with van der Waals surface area (Å²) in [7, 11) is 0. The Morgan fingerprint density at radius 2 is 1.83 bits per heavy atom. The molecule has 2 N–H and O–H groups in total. The van der Waals surface area contributed by atoms with Crippen LogP contribution in [0, 0.1) is 10.1 Å².